The zero-order valence-electron chi connectivity index (χ0n) is 9.73. The molecule has 0 saturated carbocycles. The second kappa shape index (κ2) is 6.84. The highest BCUT2D eigenvalue weighted by Gasteiger charge is 2.13. The van der Waals surface area contributed by atoms with E-state index in [-0.39, 0.29) is 6.29 Å². The molecule has 94 valence electrons. The second-order valence-corrected chi connectivity index (χ2v) is 4.41. The van der Waals surface area contributed by atoms with Crippen LogP contribution in [0.5, 0.6) is 5.75 Å². The first-order valence-electron chi connectivity index (χ1n) is 5.96. The third-order valence-electron chi connectivity index (χ3n) is 2.61. The molecule has 4 heteroatoms. The van der Waals surface area contributed by atoms with Gasteiger partial charge in [-0.15, -0.1) is 0 Å². The minimum Gasteiger partial charge on any atom is -0.491 e. The van der Waals surface area contributed by atoms with Gasteiger partial charge in [0.15, 0.2) is 6.29 Å². The normalized spacial score (nSPS) is 20.2. The molecule has 0 N–H and O–H groups in total. The molecule has 3 nitrogen and oxygen atoms in total. The van der Waals surface area contributed by atoms with Gasteiger partial charge in [0.2, 0.25) is 0 Å². The minimum absolute atomic E-state index is 0.0439. The lowest BCUT2D eigenvalue weighted by Gasteiger charge is -2.22. The lowest BCUT2D eigenvalue weighted by Crippen LogP contribution is -2.24. The smallest absolute Gasteiger partial charge is 0.157 e. The molecule has 0 amide bonds. The Kier molecular flexibility index (Phi) is 5.10. The van der Waals surface area contributed by atoms with E-state index >= 15 is 0 Å². The highest BCUT2D eigenvalue weighted by molar-refractivity contribution is 6.30. The summed E-state index contributed by atoms with van der Waals surface area (Å²) in [5.41, 5.74) is 0. The molecule has 1 aromatic carbocycles. The summed E-state index contributed by atoms with van der Waals surface area (Å²) in [7, 11) is 0. The van der Waals surface area contributed by atoms with Crippen LogP contribution in [0.25, 0.3) is 0 Å². The molecular formula is C13H17ClO3. The molecule has 0 spiro atoms. The summed E-state index contributed by atoms with van der Waals surface area (Å²) in [5, 5.41) is 0.712. The maximum Gasteiger partial charge on any atom is 0.157 e. The number of ether oxygens (including phenoxy) is 3. The molecule has 1 aliphatic rings. The van der Waals surface area contributed by atoms with Gasteiger partial charge in [-0.1, -0.05) is 11.6 Å². The molecule has 2 rings (SSSR count). The lowest BCUT2D eigenvalue weighted by atomic mass is 10.2. The lowest BCUT2D eigenvalue weighted by molar-refractivity contribution is -0.165. The van der Waals surface area contributed by atoms with E-state index in [2.05, 4.69) is 0 Å². The molecule has 0 bridgehead atoms. The first-order chi connectivity index (χ1) is 8.34. The van der Waals surface area contributed by atoms with Crippen LogP contribution in [0, 0.1) is 0 Å². The Labute approximate surface area is 107 Å². The molecule has 1 fully saturated rings. The van der Waals surface area contributed by atoms with Crippen LogP contribution < -0.4 is 4.74 Å². The molecule has 1 aliphatic heterocycles. The summed E-state index contributed by atoms with van der Waals surface area (Å²) in [4.78, 5) is 0. The van der Waals surface area contributed by atoms with E-state index in [4.69, 9.17) is 25.8 Å². The Morgan fingerprint density at radius 3 is 2.71 bits per heavy atom. The monoisotopic (exact) mass is 256 g/mol. The molecule has 0 aliphatic carbocycles. The zero-order chi connectivity index (χ0) is 11.9. The predicted octanol–water partition coefficient (Wildman–Crippen LogP) is 3.26. The molecule has 0 aromatic heterocycles. The van der Waals surface area contributed by atoms with Crippen molar-refractivity contribution >= 4 is 11.6 Å². The highest BCUT2D eigenvalue weighted by Crippen LogP contribution is 2.16. The fourth-order valence-electron chi connectivity index (χ4n) is 1.71. The van der Waals surface area contributed by atoms with Crippen LogP contribution in [0.1, 0.15) is 19.3 Å². The summed E-state index contributed by atoms with van der Waals surface area (Å²) in [6, 6.07) is 7.31. The van der Waals surface area contributed by atoms with Gasteiger partial charge < -0.3 is 14.2 Å². The van der Waals surface area contributed by atoms with Crippen LogP contribution >= 0.6 is 11.6 Å². The van der Waals surface area contributed by atoms with Gasteiger partial charge >= 0.3 is 0 Å². The summed E-state index contributed by atoms with van der Waals surface area (Å²) < 4.78 is 16.5. The summed E-state index contributed by atoms with van der Waals surface area (Å²) in [5.74, 6) is 0.808. The average molecular weight is 257 g/mol. The van der Waals surface area contributed by atoms with Crippen molar-refractivity contribution in [2.45, 2.75) is 25.6 Å². The molecule has 17 heavy (non-hydrogen) atoms. The van der Waals surface area contributed by atoms with E-state index in [1.165, 1.54) is 6.42 Å². The van der Waals surface area contributed by atoms with Crippen LogP contribution in [0.4, 0.5) is 0 Å². The maximum atomic E-state index is 5.78. The molecule has 1 saturated heterocycles. The van der Waals surface area contributed by atoms with Crippen molar-refractivity contribution in [3.05, 3.63) is 29.3 Å². The third kappa shape index (κ3) is 4.54. The van der Waals surface area contributed by atoms with Crippen molar-refractivity contribution in [2.24, 2.45) is 0 Å². The zero-order valence-corrected chi connectivity index (χ0v) is 10.5. The van der Waals surface area contributed by atoms with Crippen molar-refractivity contribution in [1.29, 1.82) is 0 Å². The van der Waals surface area contributed by atoms with E-state index in [0.29, 0.717) is 18.2 Å². The van der Waals surface area contributed by atoms with Gasteiger partial charge in [-0.05, 0) is 43.5 Å². The fourth-order valence-corrected chi connectivity index (χ4v) is 1.84. The van der Waals surface area contributed by atoms with Crippen LogP contribution in [-0.4, -0.2) is 26.1 Å². The largest absolute Gasteiger partial charge is 0.491 e. The van der Waals surface area contributed by atoms with Gasteiger partial charge in [0.1, 0.15) is 12.4 Å². The van der Waals surface area contributed by atoms with Crippen LogP contribution in [0.2, 0.25) is 5.02 Å². The Morgan fingerprint density at radius 2 is 2.00 bits per heavy atom. The average Bonchev–Trinajstić information content (AvgIpc) is 2.38. The van der Waals surface area contributed by atoms with Gasteiger partial charge in [-0.3, -0.25) is 0 Å². The van der Waals surface area contributed by atoms with Gasteiger partial charge in [-0.2, -0.15) is 0 Å². The molecular weight excluding hydrogens is 240 g/mol. The summed E-state index contributed by atoms with van der Waals surface area (Å²) in [6.45, 7) is 1.89. The predicted molar refractivity (Wildman–Crippen MR) is 66.5 cm³/mol. The standard InChI is InChI=1S/C13H17ClO3/c14-11-4-6-12(7-5-11)15-9-10-17-13-3-1-2-8-16-13/h4-7,13H,1-3,8-10H2. The third-order valence-corrected chi connectivity index (χ3v) is 2.86. The molecule has 1 aromatic rings. The topological polar surface area (TPSA) is 27.7 Å². The summed E-state index contributed by atoms with van der Waals surface area (Å²) >= 11 is 5.78. The first-order valence-corrected chi connectivity index (χ1v) is 6.34. The maximum absolute atomic E-state index is 5.78. The van der Waals surface area contributed by atoms with Crippen molar-refractivity contribution in [1.82, 2.24) is 0 Å². The molecule has 1 heterocycles. The highest BCUT2D eigenvalue weighted by atomic mass is 35.5. The Bertz CT molecular complexity index is 320. The number of benzene rings is 1. The van der Waals surface area contributed by atoms with Gasteiger partial charge in [0.25, 0.3) is 0 Å². The Hall–Kier alpha value is -0.770. The quantitative estimate of drug-likeness (QED) is 0.757. The molecule has 1 unspecified atom stereocenters. The molecule has 0 radical (unpaired) electrons. The first kappa shape index (κ1) is 12.7. The van der Waals surface area contributed by atoms with E-state index in [1.807, 2.05) is 24.3 Å². The number of hydrogen-bond donors (Lipinski definition) is 0. The fraction of sp³-hybridized carbons (Fsp3) is 0.538. The van der Waals surface area contributed by atoms with Crippen molar-refractivity contribution < 1.29 is 14.2 Å². The minimum atomic E-state index is -0.0439. The van der Waals surface area contributed by atoms with E-state index < -0.39 is 0 Å². The van der Waals surface area contributed by atoms with Crippen LogP contribution in [0.3, 0.4) is 0 Å². The van der Waals surface area contributed by atoms with Crippen molar-refractivity contribution in [3.63, 3.8) is 0 Å². The van der Waals surface area contributed by atoms with Gasteiger partial charge in [-0.25, -0.2) is 0 Å². The van der Waals surface area contributed by atoms with Gasteiger partial charge in [0.05, 0.1) is 6.61 Å². The number of halogens is 1. The second-order valence-electron chi connectivity index (χ2n) is 3.97. The number of rotatable bonds is 5. The van der Waals surface area contributed by atoms with Gasteiger partial charge in [0, 0.05) is 11.6 Å². The Morgan fingerprint density at radius 1 is 1.18 bits per heavy atom. The van der Waals surface area contributed by atoms with Crippen molar-refractivity contribution in [2.75, 3.05) is 19.8 Å². The van der Waals surface area contributed by atoms with E-state index in [1.54, 1.807) is 0 Å². The van der Waals surface area contributed by atoms with Crippen LogP contribution in [-0.2, 0) is 9.47 Å². The summed E-state index contributed by atoms with van der Waals surface area (Å²) in [6.07, 6.45) is 3.27. The Balaban J connectivity index is 1.60. The number of hydrogen-bond acceptors (Lipinski definition) is 3. The molecule has 1 atom stereocenters. The van der Waals surface area contributed by atoms with Crippen molar-refractivity contribution in [3.8, 4) is 5.75 Å². The van der Waals surface area contributed by atoms with E-state index in [9.17, 15) is 0 Å². The SMILES string of the molecule is Clc1ccc(OCCOC2CCCCO2)cc1. The van der Waals surface area contributed by atoms with Crippen LogP contribution in [0.15, 0.2) is 24.3 Å². The van der Waals surface area contributed by atoms with E-state index in [0.717, 1.165) is 25.2 Å².